The van der Waals surface area contributed by atoms with Gasteiger partial charge in [0.15, 0.2) is 0 Å². The van der Waals surface area contributed by atoms with Crippen molar-refractivity contribution >= 4 is 33.1 Å². The first-order valence-corrected chi connectivity index (χ1v) is 6.93. The van der Waals surface area contributed by atoms with Crippen LogP contribution in [0.25, 0.3) is 0 Å². The summed E-state index contributed by atoms with van der Waals surface area (Å²) >= 11 is 8.39. The van der Waals surface area contributed by atoms with E-state index in [1.807, 2.05) is 36.4 Å². The highest BCUT2D eigenvalue weighted by atomic mass is 79.9. The maximum absolute atomic E-state index is 5.68. The van der Waals surface area contributed by atoms with Crippen LogP contribution in [-0.2, 0) is 18.0 Å². The van der Waals surface area contributed by atoms with Crippen molar-refractivity contribution in [2.45, 2.75) is 13.2 Å². The summed E-state index contributed by atoms with van der Waals surface area (Å²) in [5.74, 6) is 0. The largest absolute Gasteiger partial charge is 0.388 e. The molecule has 1 aromatic carbocycles. The van der Waals surface area contributed by atoms with Gasteiger partial charge < -0.3 is 10.5 Å². The number of thiocarbonyl (C=S) groups is 1. The van der Waals surface area contributed by atoms with Gasteiger partial charge in [-0.15, -0.1) is 0 Å². The second-order valence-electron chi connectivity index (χ2n) is 4.00. The van der Waals surface area contributed by atoms with Crippen molar-refractivity contribution in [1.29, 1.82) is 0 Å². The summed E-state index contributed by atoms with van der Waals surface area (Å²) in [7, 11) is 0. The molecular weight excluding hydrogens is 324 g/mol. The van der Waals surface area contributed by atoms with Gasteiger partial charge in [0.2, 0.25) is 0 Å². The monoisotopic (exact) mass is 336 g/mol. The Bertz CT molecular complexity index is 589. The van der Waals surface area contributed by atoms with Crippen LogP contribution in [0.3, 0.4) is 0 Å². The number of benzene rings is 1. The van der Waals surface area contributed by atoms with Crippen molar-refractivity contribution < 1.29 is 4.74 Å². The molecule has 0 aliphatic rings. The number of rotatable bonds is 5. The number of halogens is 1. The topological polar surface area (TPSA) is 48.1 Å². The van der Waals surface area contributed by atoms with E-state index in [0.717, 1.165) is 15.6 Å². The molecule has 3 nitrogen and oxygen atoms in total. The molecule has 19 heavy (non-hydrogen) atoms. The van der Waals surface area contributed by atoms with E-state index in [0.29, 0.717) is 23.9 Å². The number of pyridine rings is 1. The molecule has 0 amide bonds. The number of nitrogens with zero attached hydrogens (tertiary/aromatic N) is 1. The van der Waals surface area contributed by atoms with Crippen LogP contribution in [0.1, 0.15) is 16.8 Å². The van der Waals surface area contributed by atoms with Crippen LogP contribution in [-0.4, -0.2) is 9.97 Å². The minimum absolute atomic E-state index is 0.293. The molecule has 5 heteroatoms. The normalized spacial score (nSPS) is 10.4. The summed E-state index contributed by atoms with van der Waals surface area (Å²) in [4.78, 5) is 4.46. The Balaban J connectivity index is 1.98. The lowest BCUT2D eigenvalue weighted by atomic mass is 10.2. The Morgan fingerprint density at radius 2 is 2.11 bits per heavy atom. The van der Waals surface area contributed by atoms with Gasteiger partial charge in [-0.1, -0.05) is 46.3 Å². The van der Waals surface area contributed by atoms with Crippen molar-refractivity contribution in [3.63, 3.8) is 0 Å². The Morgan fingerprint density at radius 1 is 1.26 bits per heavy atom. The molecule has 1 aromatic heterocycles. The molecule has 0 aliphatic carbocycles. The first-order chi connectivity index (χ1) is 9.16. The van der Waals surface area contributed by atoms with Gasteiger partial charge in [-0.25, -0.2) is 0 Å². The minimum Gasteiger partial charge on any atom is -0.388 e. The van der Waals surface area contributed by atoms with Crippen LogP contribution in [0.15, 0.2) is 47.1 Å². The maximum Gasteiger partial charge on any atom is 0.123 e. The third-order valence-electron chi connectivity index (χ3n) is 2.54. The van der Waals surface area contributed by atoms with Gasteiger partial charge in [-0.3, -0.25) is 4.98 Å². The summed E-state index contributed by atoms with van der Waals surface area (Å²) in [6.45, 7) is 0.970. The molecular formula is C14H13BrN2OS. The van der Waals surface area contributed by atoms with Crippen LogP contribution in [0.4, 0.5) is 0 Å². The number of nitrogens with two attached hydrogens (primary N) is 1. The fourth-order valence-corrected chi connectivity index (χ4v) is 2.31. The minimum atomic E-state index is 0.293. The fourth-order valence-electron chi connectivity index (χ4n) is 1.68. The fraction of sp³-hybridized carbons (Fsp3) is 0.143. The van der Waals surface area contributed by atoms with Gasteiger partial charge in [-0.05, 0) is 23.8 Å². The van der Waals surface area contributed by atoms with Gasteiger partial charge in [0, 0.05) is 16.2 Å². The van der Waals surface area contributed by atoms with Crippen LogP contribution < -0.4 is 5.73 Å². The van der Waals surface area contributed by atoms with Gasteiger partial charge >= 0.3 is 0 Å². The average molecular weight is 337 g/mol. The smallest absolute Gasteiger partial charge is 0.123 e. The lowest BCUT2D eigenvalue weighted by molar-refractivity contribution is 0.107. The summed E-state index contributed by atoms with van der Waals surface area (Å²) in [6, 6.07) is 11.8. The van der Waals surface area contributed by atoms with Gasteiger partial charge in [0.1, 0.15) is 10.7 Å². The third-order valence-corrected chi connectivity index (χ3v) is 3.23. The van der Waals surface area contributed by atoms with E-state index in [1.165, 1.54) is 0 Å². The number of aromatic nitrogens is 1. The van der Waals surface area contributed by atoms with Gasteiger partial charge in [0.25, 0.3) is 0 Å². The first kappa shape index (κ1) is 14.1. The first-order valence-electron chi connectivity index (χ1n) is 5.72. The van der Waals surface area contributed by atoms with Gasteiger partial charge in [0.05, 0.1) is 13.2 Å². The highest BCUT2D eigenvalue weighted by Gasteiger charge is 2.06. The van der Waals surface area contributed by atoms with E-state index in [-0.39, 0.29) is 0 Å². The summed E-state index contributed by atoms with van der Waals surface area (Å²) in [5, 5.41) is 0. The molecule has 2 aromatic rings. The number of hydrogen-bond acceptors (Lipinski definition) is 3. The summed E-state index contributed by atoms with van der Waals surface area (Å²) < 4.78 is 6.72. The van der Waals surface area contributed by atoms with Crippen LogP contribution in [0.5, 0.6) is 0 Å². The second kappa shape index (κ2) is 6.75. The highest BCUT2D eigenvalue weighted by Crippen LogP contribution is 2.14. The molecule has 0 fully saturated rings. The van der Waals surface area contributed by atoms with Crippen LogP contribution in [0, 0.1) is 0 Å². The predicted octanol–water partition coefficient (Wildman–Crippen LogP) is 3.20. The standard InChI is InChI=1S/C14H13BrN2OS/c15-12-5-1-3-10(7-12)8-18-9-11-4-2-6-17-13(11)14(16)19/h1-7H,8-9H2,(H2,16,19). The summed E-state index contributed by atoms with van der Waals surface area (Å²) in [5.41, 5.74) is 8.27. The zero-order valence-electron chi connectivity index (χ0n) is 10.2. The van der Waals surface area contributed by atoms with Crippen molar-refractivity contribution in [3.8, 4) is 0 Å². The van der Waals surface area contributed by atoms with E-state index in [2.05, 4.69) is 20.9 Å². The Morgan fingerprint density at radius 3 is 2.84 bits per heavy atom. The molecule has 1 heterocycles. The Labute approximate surface area is 125 Å². The van der Waals surface area contributed by atoms with Crippen molar-refractivity contribution in [1.82, 2.24) is 4.98 Å². The molecule has 0 unspecified atom stereocenters. The van der Waals surface area contributed by atoms with Crippen molar-refractivity contribution in [2.75, 3.05) is 0 Å². The molecule has 0 bridgehead atoms. The molecule has 0 spiro atoms. The molecule has 0 radical (unpaired) electrons. The second-order valence-corrected chi connectivity index (χ2v) is 5.35. The molecule has 98 valence electrons. The maximum atomic E-state index is 5.68. The number of ether oxygens (including phenoxy) is 1. The Kier molecular flexibility index (Phi) is 5.01. The molecule has 0 saturated heterocycles. The average Bonchev–Trinajstić information content (AvgIpc) is 2.39. The Hall–Kier alpha value is -1.30. The molecule has 0 atom stereocenters. The summed E-state index contributed by atoms with van der Waals surface area (Å²) in [6.07, 6.45) is 1.67. The molecule has 0 saturated carbocycles. The predicted molar refractivity (Wildman–Crippen MR) is 82.8 cm³/mol. The van der Waals surface area contributed by atoms with E-state index >= 15 is 0 Å². The lowest BCUT2D eigenvalue weighted by Gasteiger charge is -2.08. The van der Waals surface area contributed by atoms with Crippen molar-refractivity contribution in [3.05, 3.63) is 63.9 Å². The van der Waals surface area contributed by atoms with E-state index in [9.17, 15) is 0 Å². The zero-order chi connectivity index (χ0) is 13.7. The quantitative estimate of drug-likeness (QED) is 0.852. The van der Waals surface area contributed by atoms with Gasteiger partial charge in [-0.2, -0.15) is 0 Å². The van der Waals surface area contributed by atoms with Crippen LogP contribution in [0.2, 0.25) is 0 Å². The van der Waals surface area contributed by atoms with E-state index in [1.54, 1.807) is 6.20 Å². The van der Waals surface area contributed by atoms with Crippen LogP contribution >= 0.6 is 28.1 Å². The van der Waals surface area contributed by atoms with E-state index in [4.69, 9.17) is 22.7 Å². The molecule has 2 rings (SSSR count). The van der Waals surface area contributed by atoms with Crippen molar-refractivity contribution in [2.24, 2.45) is 5.73 Å². The van der Waals surface area contributed by atoms with E-state index < -0.39 is 0 Å². The zero-order valence-corrected chi connectivity index (χ0v) is 12.6. The third kappa shape index (κ3) is 4.09. The molecule has 2 N–H and O–H groups in total. The molecule has 0 aliphatic heterocycles. The highest BCUT2D eigenvalue weighted by molar-refractivity contribution is 9.10. The number of hydrogen-bond donors (Lipinski definition) is 1. The lowest BCUT2D eigenvalue weighted by Crippen LogP contribution is -2.14. The SMILES string of the molecule is NC(=S)c1ncccc1COCc1cccc(Br)c1.